The first-order valence-electron chi connectivity index (χ1n) is 4.77. The molecule has 3 unspecified atom stereocenters. The molecule has 1 fully saturated rings. The molecule has 1 rings (SSSR count). The molecule has 0 spiro atoms. The fourth-order valence-electron chi connectivity index (χ4n) is 2.48. The predicted molar refractivity (Wildman–Crippen MR) is 47.3 cm³/mol. The van der Waals surface area contributed by atoms with Gasteiger partial charge in [0.25, 0.3) is 0 Å². The van der Waals surface area contributed by atoms with Crippen molar-refractivity contribution in [2.45, 2.75) is 33.6 Å². The second kappa shape index (κ2) is 3.57. The minimum absolute atomic E-state index is 0.393. The van der Waals surface area contributed by atoms with Crippen LogP contribution in [0.5, 0.6) is 0 Å². The van der Waals surface area contributed by atoms with E-state index in [1.807, 2.05) is 0 Å². The van der Waals surface area contributed by atoms with Crippen LogP contribution in [0.4, 0.5) is 0 Å². The van der Waals surface area contributed by atoms with Crippen molar-refractivity contribution in [3.8, 4) is 0 Å². The number of rotatable bonds is 2. The largest absolute Gasteiger partial charge is 0.396 e. The van der Waals surface area contributed by atoms with E-state index in [0.717, 1.165) is 17.8 Å². The minimum atomic E-state index is 0.393. The smallest absolute Gasteiger partial charge is 0.0461 e. The molecule has 0 amide bonds. The quantitative estimate of drug-likeness (QED) is 0.650. The fraction of sp³-hybridized carbons (Fsp3) is 1.00. The van der Waals surface area contributed by atoms with Gasteiger partial charge in [-0.1, -0.05) is 20.8 Å². The lowest BCUT2D eigenvalue weighted by atomic mass is 9.84. The lowest BCUT2D eigenvalue weighted by Crippen LogP contribution is -2.17. The maximum Gasteiger partial charge on any atom is 0.0461 e. The summed E-state index contributed by atoms with van der Waals surface area (Å²) < 4.78 is 0. The Kier molecular flexibility index (Phi) is 2.94. The molecular weight excluding hydrogens is 136 g/mol. The molecule has 3 atom stereocenters. The van der Waals surface area contributed by atoms with Crippen LogP contribution in [-0.4, -0.2) is 11.7 Å². The van der Waals surface area contributed by atoms with Crippen molar-refractivity contribution in [3.63, 3.8) is 0 Å². The summed E-state index contributed by atoms with van der Waals surface area (Å²) >= 11 is 0. The van der Waals surface area contributed by atoms with Gasteiger partial charge in [0.1, 0.15) is 0 Å². The van der Waals surface area contributed by atoms with Crippen molar-refractivity contribution in [1.29, 1.82) is 0 Å². The van der Waals surface area contributed by atoms with Crippen LogP contribution < -0.4 is 0 Å². The second-order valence-corrected chi connectivity index (χ2v) is 4.29. The Labute approximate surface area is 69.8 Å². The summed E-state index contributed by atoms with van der Waals surface area (Å²) in [6.07, 6.45) is 2.56. The summed E-state index contributed by atoms with van der Waals surface area (Å²) in [5.41, 5.74) is 0. The normalized spacial score (nSPS) is 38.5. The molecule has 66 valence electrons. The van der Waals surface area contributed by atoms with Crippen LogP contribution in [0.15, 0.2) is 0 Å². The van der Waals surface area contributed by atoms with Crippen LogP contribution in [-0.2, 0) is 0 Å². The molecule has 11 heavy (non-hydrogen) atoms. The van der Waals surface area contributed by atoms with E-state index in [0.29, 0.717) is 12.5 Å². The third-order valence-electron chi connectivity index (χ3n) is 3.38. The highest BCUT2D eigenvalue weighted by Gasteiger charge is 2.33. The monoisotopic (exact) mass is 156 g/mol. The predicted octanol–water partition coefficient (Wildman–Crippen LogP) is 2.30. The van der Waals surface area contributed by atoms with Crippen molar-refractivity contribution < 1.29 is 5.11 Å². The molecule has 0 aromatic rings. The summed E-state index contributed by atoms with van der Waals surface area (Å²) in [4.78, 5) is 0. The Morgan fingerprint density at radius 1 is 1.36 bits per heavy atom. The average Bonchev–Trinajstić information content (AvgIpc) is 2.30. The Bertz CT molecular complexity index is 120. The van der Waals surface area contributed by atoms with Gasteiger partial charge in [0, 0.05) is 6.61 Å². The molecule has 1 aliphatic rings. The zero-order valence-corrected chi connectivity index (χ0v) is 7.88. The fourth-order valence-corrected chi connectivity index (χ4v) is 2.48. The maximum atomic E-state index is 9.04. The van der Waals surface area contributed by atoms with Gasteiger partial charge in [0.15, 0.2) is 0 Å². The van der Waals surface area contributed by atoms with E-state index in [4.69, 9.17) is 5.11 Å². The first-order chi connectivity index (χ1) is 5.16. The molecule has 0 bridgehead atoms. The van der Waals surface area contributed by atoms with E-state index in [1.54, 1.807) is 0 Å². The molecular formula is C10H20O. The van der Waals surface area contributed by atoms with Crippen LogP contribution in [0.25, 0.3) is 0 Å². The lowest BCUT2D eigenvalue weighted by molar-refractivity contribution is 0.176. The Balaban J connectivity index is 2.48. The number of hydrogen-bond donors (Lipinski definition) is 1. The van der Waals surface area contributed by atoms with Crippen molar-refractivity contribution in [2.75, 3.05) is 6.61 Å². The molecule has 0 aliphatic heterocycles. The number of aliphatic hydroxyl groups excluding tert-OH is 1. The van der Waals surface area contributed by atoms with Crippen LogP contribution in [0.1, 0.15) is 33.6 Å². The molecule has 0 aromatic heterocycles. The van der Waals surface area contributed by atoms with E-state index in [9.17, 15) is 0 Å². The van der Waals surface area contributed by atoms with Crippen molar-refractivity contribution in [3.05, 3.63) is 0 Å². The van der Waals surface area contributed by atoms with Crippen LogP contribution in [0, 0.1) is 23.7 Å². The van der Waals surface area contributed by atoms with E-state index >= 15 is 0 Å². The number of aliphatic hydroxyl groups is 1. The van der Waals surface area contributed by atoms with Crippen LogP contribution in [0.3, 0.4) is 0 Å². The topological polar surface area (TPSA) is 20.2 Å². The Morgan fingerprint density at radius 3 is 2.27 bits per heavy atom. The van der Waals surface area contributed by atoms with Gasteiger partial charge >= 0.3 is 0 Å². The van der Waals surface area contributed by atoms with E-state index in [1.165, 1.54) is 12.8 Å². The Hall–Kier alpha value is -0.0400. The van der Waals surface area contributed by atoms with Gasteiger partial charge in [-0.15, -0.1) is 0 Å². The average molecular weight is 156 g/mol. The van der Waals surface area contributed by atoms with E-state index in [2.05, 4.69) is 20.8 Å². The molecule has 1 aliphatic carbocycles. The van der Waals surface area contributed by atoms with Crippen LogP contribution >= 0.6 is 0 Å². The summed E-state index contributed by atoms with van der Waals surface area (Å²) in [5, 5.41) is 9.04. The molecule has 0 aromatic carbocycles. The second-order valence-electron chi connectivity index (χ2n) is 4.29. The molecule has 0 heterocycles. The standard InChI is InChI=1S/C10H20O/c1-7(2)10-5-4-9(6-11)8(10)3/h7-11H,4-6H2,1-3H3. The zero-order chi connectivity index (χ0) is 8.43. The van der Waals surface area contributed by atoms with Gasteiger partial charge in [-0.25, -0.2) is 0 Å². The third-order valence-corrected chi connectivity index (χ3v) is 3.38. The summed E-state index contributed by atoms with van der Waals surface area (Å²) in [6.45, 7) is 7.27. The summed E-state index contributed by atoms with van der Waals surface area (Å²) in [5.74, 6) is 2.97. The van der Waals surface area contributed by atoms with Crippen molar-refractivity contribution in [2.24, 2.45) is 23.7 Å². The summed E-state index contributed by atoms with van der Waals surface area (Å²) in [7, 11) is 0. The number of hydrogen-bond acceptors (Lipinski definition) is 1. The lowest BCUT2D eigenvalue weighted by Gasteiger charge is -2.22. The van der Waals surface area contributed by atoms with Crippen LogP contribution in [0.2, 0.25) is 0 Å². The zero-order valence-electron chi connectivity index (χ0n) is 7.88. The van der Waals surface area contributed by atoms with Gasteiger partial charge in [0.2, 0.25) is 0 Å². The van der Waals surface area contributed by atoms with Gasteiger partial charge < -0.3 is 5.11 Å². The SMILES string of the molecule is CC(C)C1CCC(CO)C1C. The third kappa shape index (κ3) is 1.76. The maximum absolute atomic E-state index is 9.04. The molecule has 1 nitrogen and oxygen atoms in total. The van der Waals surface area contributed by atoms with E-state index < -0.39 is 0 Å². The van der Waals surface area contributed by atoms with Gasteiger partial charge in [-0.2, -0.15) is 0 Å². The highest BCUT2D eigenvalue weighted by molar-refractivity contribution is 4.83. The molecule has 0 radical (unpaired) electrons. The highest BCUT2D eigenvalue weighted by Crippen LogP contribution is 2.40. The van der Waals surface area contributed by atoms with Gasteiger partial charge in [-0.05, 0) is 36.5 Å². The molecule has 1 saturated carbocycles. The summed E-state index contributed by atoms with van der Waals surface area (Å²) in [6, 6.07) is 0. The minimum Gasteiger partial charge on any atom is -0.396 e. The highest BCUT2D eigenvalue weighted by atomic mass is 16.3. The van der Waals surface area contributed by atoms with Crippen molar-refractivity contribution >= 4 is 0 Å². The Morgan fingerprint density at radius 2 is 2.00 bits per heavy atom. The van der Waals surface area contributed by atoms with Gasteiger partial charge in [0.05, 0.1) is 0 Å². The first-order valence-corrected chi connectivity index (χ1v) is 4.77. The first kappa shape index (κ1) is 9.05. The van der Waals surface area contributed by atoms with E-state index in [-0.39, 0.29) is 0 Å². The molecule has 0 saturated heterocycles. The van der Waals surface area contributed by atoms with Crippen molar-refractivity contribution in [1.82, 2.24) is 0 Å². The molecule has 1 heteroatoms. The van der Waals surface area contributed by atoms with Gasteiger partial charge in [-0.3, -0.25) is 0 Å². The molecule has 1 N–H and O–H groups in total.